The summed E-state index contributed by atoms with van der Waals surface area (Å²) in [6.07, 6.45) is 3.17. The van der Waals surface area contributed by atoms with Crippen LogP contribution in [0.3, 0.4) is 0 Å². The van der Waals surface area contributed by atoms with Crippen LogP contribution in [0.1, 0.15) is 33.1 Å². The molecule has 2 amide bonds. The van der Waals surface area contributed by atoms with Gasteiger partial charge in [-0.3, -0.25) is 4.90 Å². The van der Waals surface area contributed by atoms with Crippen LogP contribution >= 0.6 is 0 Å². The molecule has 0 aromatic rings. The molecule has 0 aromatic carbocycles. The summed E-state index contributed by atoms with van der Waals surface area (Å²) in [7, 11) is 0. The second-order valence-corrected chi connectivity index (χ2v) is 5.72. The van der Waals surface area contributed by atoms with Gasteiger partial charge in [0.15, 0.2) is 0 Å². The van der Waals surface area contributed by atoms with Crippen molar-refractivity contribution in [2.45, 2.75) is 51.2 Å². The van der Waals surface area contributed by atoms with E-state index in [1.54, 1.807) is 0 Å². The number of aliphatic hydroxyl groups excluding tert-OH is 1. The lowest BCUT2D eigenvalue weighted by atomic mass is 9.91. The number of carbonyl (C=O) groups is 1. The molecule has 0 radical (unpaired) electrons. The van der Waals surface area contributed by atoms with Crippen LogP contribution in [0.5, 0.6) is 0 Å². The highest BCUT2D eigenvalue weighted by molar-refractivity contribution is 5.74. The fourth-order valence-electron chi connectivity index (χ4n) is 2.93. The normalized spacial score (nSPS) is 29.2. The van der Waals surface area contributed by atoms with Crippen LogP contribution in [0.15, 0.2) is 0 Å². The zero-order valence-electron chi connectivity index (χ0n) is 11.4. The average molecular weight is 255 g/mol. The maximum absolute atomic E-state index is 12.0. The first-order valence-corrected chi connectivity index (χ1v) is 7.04. The molecule has 0 aliphatic carbocycles. The zero-order valence-corrected chi connectivity index (χ0v) is 11.4. The lowest BCUT2D eigenvalue weighted by molar-refractivity contribution is -0.0351. The third-order valence-corrected chi connectivity index (χ3v) is 3.92. The summed E-state index contributed by atoms with van der Waals surface area (Å²) < 4.78 is 0. The van der Waals surface area contributed by atoms with Gasteiger partial charge in [-0.1, -0.05) is 0 Å². The van der Waals surface area contributed by atoms with Gasteiger partial charge in [-0.2, -0.15) is 0 Å². The highest BCUT2D eigenvalue weighted by Gasteiger charge is 2.39. The monoisotopic (exact) mass is 255 g/mol. The first-order valence-electron chi connectivity index (χ1n) is 7.04. The van der Waals surface area contributed by atoms with Crippen molar-refractivity contribution >= 4 is 6.03 Å². The number of nitrogens with one attached hydrogen (secondary N) is 1. The molecule has 2 rings (SSSR count). The fraction of sp³-hybridized carbons (Fsp3) is 0.923. The standard InChI is InChI=1S/C13H25N3O2/c1-10(2)14-13(18)15-5-3-4-6-16-11(8-15)7-12(16)9-17/h10-12,17H,3-9H2,1-2H3,(H,14,18)/t11-,12+/m1/s1. The summed E-state index contributed by atoms with van der Waals surface area (Å²) in [5, 5.41) is 12.2. The molecule has 2 N–H and O–H groups in total. The molecular weight excluding hydrogens is 230 g/mol. The number of aliphatic hydroxyl groups is 1. The van der Waals surface area contributed by atoms with E-state index in [2.05, 4.69) is 10.2 Å². The van der Waals surface area contributed by atoms with E-state index in [0.717, 1.165) is 38.9 Å². The first kappa shape index (κ1) is 13.6. The van der Waals surface area contributed by atoms with Crippen molar-refractivity contribution < 1.29 is 9.90 Å². The highest BCUT2D eigenvalue weighted by atomic mass is 16.3. The Balaban J connectivity index is 1.91. The molecule has 2 heterocycles. The Kier molecular flexibility index (Phi) is 4.45. The Morgan fingerprint density at radius 2 is 2.11 bits per heavy atom. The lowest BCUT2D eigenvalue weighted by Crippen LogP contribution is -2.63. The Hall–Kier alpha value is -0.810. The fourth-order valence-corrected chi connectivity index (χ4v) is 2.93. The number of fused-ring (bicyclic) bond motifs is 1. The van der Waals surface area contributed by atoms with E-state index < -0.39 is 0 Å². The smallest absolute Gasteiger partial charge is 0.317 e. The molecule has 0 bridgehead atoms. The summed E-state index contributed by atoms with van der Waals surface area (Å²) >= 11 is 0. The van der Waals surface area contributed by atoms with E-state index in [1.165, 1.54) is 0 Å². The van der Waals surface area contributed by atoms with Gasteiger partial charge in [-0.05, 0) is 39.7 Å². The van der Waals surface area contributed by atoms with Gasteiger partial charge in [0.05, 0.1) is 6.61 Å². The zero-order chi connectivity index (χ0) is 13.1. The third kappa shape index (κ3) is 2.95. The molecule has 0 unspecified atom stereocenters. The largest absolute Gasteiger partial charge is 0.395 e. The molecule has 2 aliphatic rings. The summed E-state index contributed by atoms with van der Waals surface area (Å²) in [5.74, 6) is 0. The van der Waals surface area contributed by atoms with Gasteiger partial charge in [-0.15, -0.1) is 0 Å². The van der Waals surface area contributed by atoms with Crippen molar-refractivity contribution in [3.63, 3.8) is 0 Å². The number of hydrogen-bond acceptors (Lipinski definition) is 3. The second kappa shape index (κ2) is 5.89. The molecule has 5 heteroatoms. The maximum Gasteiger partial charge on any atom is 0.317 e. The predicted molar refractivity (Wildman–Crippen MR) is 70.5 cm³/mol. The lowest BCUT2D eigenvalue weighted by Gasteiger charge is -2.50. The molecule has 104 valence electrons. The van der Waals surface area contributed by atoms with E-state index in [-0.39, 0.29) is 18.7 Å². The van der Waals surface area contributed by atoms with E-state index in [0.29, 0.717) is 12.1 Å². The van der Waals surface area contributed by atoms with Crippen LogP contribution in [0.25, 0.3) is 0 Å². The van der Waals surface area contributed by atoms with Crippen LogP contribution < -0.4 is 5.32 Å². The van der Waals surface area contributed by atoms with E-state index in [1.807, 2.05) is 18.7 Å². The van der Waals surface area contributed by atoms with Crippen LogP contribution in [-0.4, -0.2) is 65.3 Å². The predicted octanol–water partition coefficient (Wildman–Crippen LogP) is 0.635. The van der Waals surface area contributed by atoms with Gasteiger partial charge in [0, 0.05) is 31.2 Å². The first-order chi connectivity index (χ1) is 8.61. The Morgan fingerprint density at radius 3 is 2.78 bits per heavy atom. The van der Waals surface area contributed by atoms with Crippen LogP contribution in [0.4, 0.5) is 4.79 Å². The summed E-state index contributed by atoms with van der Waals surface area (Å²) in [4.78, 5) is 16.3. The topological polar surface area (TPSA) is 55.8 Å². The van der Waals surface area contributed by atoms with Crippen molar-refractivity contribution in [1.29, 1.82) is 0 Å². The average Bonchev–Trinajstić information content (AvgIpc) is 2.27. The molecule has 5 nitrogen and oxygen atoms in total. The molecule has 0 aromatic heterocycles. The van der Waals surface area contributed by atoms with Gasteiger partial charge in [0.25, 0.3) is 0 Å². The van der Waals surface area contributed by atoms with E-state index in [9.17, 15) is 9.90 Å². The molecule has 18 heavy (non-hydrogen) atoms. The van der Waals surface area contributed by atoms with E-state index in [4.69, 9.17) is 0 Å². The van der Waals surface area contributed by atoms with Crippen molar-refractivity contribution in [1.82, 2.24) is 15.1 Å². The van der Waals surface area contributed by atoms with Crippen molar-refractivity contribution in [3.05, 3.63) is 0 Å². The van der Waals surface area contributed by atoms with Gasteiger partial charge in [0.2, 0.25) is 0 Å². The van der Waals surface area contributed by atoms with Gasteiger partial charge in [-0.25, -0.2) is 4.79 Å². The van der Waals surface area contributed by atoms with Crippen LogP contribution in [0, 0.1) is 0 Å². The molecule has 0 saturated carbocycles. The number of hydrogen-bond donors (Lipinski definition) is 2. The Morgan fingerprint density at radius 1 is 1.39 bits per heavy atom. The van der Waals surface area contributed by atoms with Crippen molar-refractivity contribution in [3.8, 4) is 0 Å². The minimum atomic E-state index is 0.0549. The SMILES string of the molecule is CC(C)NC(=O)N1CCCCN2[C@H](CO)C[C@@H]2C1. The van der Waals surface area contributed by atoms with Gasteiger partial charge >= 0.3 is 6.03 Å². The maximum atomic E-state index is 12.0. The van der Waals surface area contributed by atoms with Crippen molar-refractivity contribution in [2.75, 3.05) is 26.2 Å². The highest BCUT2D eigenvalue weighted by Crippen LogP contribution is 2.28. The minimum Gasteiger partial charge on any atom is -0.395 e. The van der Waals surface area contributed by atoms with Gasteiger partial charge < -0.3 is 15.3 Å². The number of amides is 2. The van der Waals surface area contributed by atoms with Crippen LogP contribution in [0.2, 0.25) is 0 Å². The molecule has 2 aliphatic heterocycles. The second-order valence-electron chi connectivity index (χ2n) is 5.72. The Labute approximate surface area is 109 Å². The number of urea groups is 1. The molecule has 2 saturated heterocycles. The minimum absolute atomic E-state index is 0.0549. The number of rotatable bonds is 2. The van der Waals surface area contributed by atoms with Crippen LogP contribution in [-0.2, 0) is 0 Å². The Bertz CT molecular complexity index is 296. The van der Waals surface area contributed by atoms with Gasteiger partial charge in [0.1, 0.15) is 0 Å². The quantitative estimate of drug-likeness (QED) is 0.761. The molecule has 2 fully saturated rings. The third-order valence-electron chi connectivity index (χ3n) is 3.92. The summed E-state index contributed by atoms with van der Waals surface area (Å²) in [5.41, 5.74) is 0. The summed E-state index contributed by atoms with van der Waals surface area (Å²) in [6, 6.07) is 1.01. The summed E-state index contributed by atoms with van der Waals surface area (Å²) in [6.45, 7) is 6.94. The molecule has 0 spiro atoms. The molecular formula is C13H25N3O2. The van der Waals surface area contributed by atoms with E-state index >= 15 is 0 Å². The number of nitrogens with zero attached hydrogens (tertiary/aromatic N) is 2. The van der Waals surface area contributed by atoms with Crippen molar-refractivity contribution in [2.24, 2.45) is 0 Å². The number of carbonyl (C=O) groups excluding carboxylic acids is 1. The molecule has 2 atom stereocenters.